The maximum absolute atomic E-state index is 6.86. The summed E-state index contributed by atoms with van der Waals surface area (Å²) in [6.45, 7) is 14.0. The summed E-state index contributed by atoms with van der Waals surface area (Å²) in [5.74, 6) is 2.51. The average Bonchev–Trinajstić information content (AvgIpc) is 2.85. The highest BCUT2D eigenvalue weighted by Crippen LogP contribution is 2.27. The van der Waals surface area contributed by atoms with Crippen LogP contribution in [-0.4, -0.2) is 44.7 Å². The second-order valence-corrected chi connectivity index (χ2v) is 27.7. The van der Waals surface area contributed by atoms with Gasteiger partial charge in [0.25, 0.3) is 0 Å². The quantitative estimate of drug-likeness (QED) is 0.142. The predicted molar refractivity (Wildman–Crippen MR) is 178 cm³/mol. The predicted octanol–water partition coefficient (Wildman–Crippen LogP) is 10.3. The molecule has 2 rings (SSSR count). The lowest BCUT2D eigenvalue weighted by Crippen LogP contribution is -2.52. The van der Waals surface area contributed by atoms with Gasteiger partial charge in [-0.1, -0.05) is 51.4 Å². The maximum Gasteiger partial charge on any atom is 0.311 e. The lowest BCUT2D eigenvalue weighted by Gasteiger charge is -2.38. The van der Waals surface area contributed by atoms with Gasteiger partial charge in [0.2, 0.25) is 0 Å². The van der Waals surface area contributed by atoms with Crippen molar-refractivity contribution in [3.05, 3.63) is 23.7 Å². The van der Waals surface area contributed by atoms with Gasteiger partial charge in [-0.2, -0.15) is 0 Å². The summed E-state index contributed by atoms with van der Waals surface area (Å²) in [4.78, 5) is 0. The van der Waals surface area contributed by atoms with Crippen LogP contribution >= 0.6 is 0 Å². The Bertz CT molecular complexity index is 666. The van der Waals surface area contributed by atoms with Gasteiger partial charge in [0.15, 0.2) is 16.6 Å². The minimum atomic E-state index is -2.18. The van der Waals surface area contributed by atoms with Gasteiger partial charge < -0.3 is 17.1 Å². The molecule has 0 bridgehead atoms. The smallest absolute Gasteiger partial charge is 0.311 e. The van der Waals surface area contributed by atoms with E-state index in [0.717, 1.165) is 37.0 Å². The Morgan fingerprint density at radius 3 is 1.31 bits per heavy atom. The van der Waals surface area contributed by atoms with E-state index in [1.165, 1.54) is 101 Å². The van der Waals surface area contributed by atoms with Crippen LogP contribution in [0, 0.1) is 0 Å². The zero-order valence-corrected chi connectivity index (χ0v) is 31.4. The van der Waals surface area contributed by atoms with Gasteiger partial charge in [-0.15, -0.1) is 0 Å². The monoisotopic (exact) mass is 624 g/mol. The van der Waals surface area contributed by atoms with Crippen molar-refractivity contribution < 1.29 is 17.1 Å². The first-order chi connectivity index (χ1) is 18.6. The topological polar surface area (TPSA) is 36.9 Å². The molecule has 0 aromatic heterocycles. The zero-order chi connectivity index (χ0) is 28.5. The van der Waals surface area contributed by atoms with Gasteiger partial charge in [0, 0.05) is 12.8 Å². The molecular formula is C30H60O4Si5. The van der Waals surface area contributed by atoms with Crippen LogP contribution in [-0.2, 0) is 17.1 Å². The van der Waals surface area contributed by atoms with Gasteiger partial charge in [0.1, 0.15) is 0 Å². The molecule has 2 aliphatic carbocycles. The minimum Gasteiger partial charge on any atom is -0.544 e. The van der Waals surface area contributed by atoms with Crippen LogP contribution in [0.4, 0.5) is 0 Å². The molecule has 0 aromatic rings. The number of hydrogen-bond donors (Lipinski definition) is 0. The van der Waals surface area contributed by atoms with Crippen LogP contribution in [0.1, 0.15) is 103 Å². The van der Waals surface area contributed by atoms with Crippen LogP contribution in [0.3, 0.4) is 0 Å². The second-order valence-electron chi connectivity index (χ2n) is 13.3. The molecule has 2 aliphatic rings. The van der Waals surface area contributed by atoms with Gasteiger partial charge >= 0.3 is 28.1 Å². The Hall–Kier alpha value is 0.0844. The average molecular weight is 625 g/mol. The molecule has 0 spiro atoms. The van der Waals surface area contributed by atoms with Crippen LogP contribution in [0.25, 0.3) is 0 Å². The number of allylic oxidation sites excluding steroid dienone is 4. The second kappa shape index (κ2) is 19.3. The number of rotatable bonds is 14. The molecule has 9 heteroatoms. The van der Waals surface area contributed by atoms with Crippen LogP contribution < -0.4 is 0 Å². The fourth-order valence-electron chi connectivity index (χ4n) is 5.66. The third-order valence-corrected chi connectivity index (χ3v) is 21.6. The van der Waals surface area contributed by atoms with Crippen molar-refractivity contribution in [2.45, 2.75) is 166 Å². The summed E-state index contributed by atoms with van der Waals surface area (Å²) in [5, 5.41) is 0. The standard InChI is InChI=1S/C30H60O4Si5/c1-37(2,27-25-35-31-29-21-17-13-9-7-10-14-18-22-29)33-39(5,6)34-38(3,4)28-26-36-32-30-23-19-15-11-8-12-16-20-24-30/h21,23H,7-20,22,24-28H2,1-6H3/b29-21+,30-23+. The van der Waals surface area contributed by atoms with Crippen molar-refractivity contribution in [3.8, 4) is 0 Å². The van der Waals surface area contributed by atoms with Gasteiger partial charge in [-0.3, -0.25) is 0 Å². The summed E-state index contributed by atoms with van der Waals surface area (Å²) >= 11 is 0. The van der Waals surface area contributed by atoms with Crippen LogP contribution in [0.5, 0.6) is 0 Å². The molecule has 0 N–H and O–H groups in total. The van der Waals surface area contributed by atoms with E-state index in [1.807, 2.05) is 0 Å². The Morgan fingerprint density at radius 2 is 0.897 bits per heavy atom. The molecule has 0 saturated heterocycles. The van der Waals surface area contributed by atoms with Crippen LogP contribution in [0.2, 0.25) is 63.5 Å². The van der Waals surface area contributed by atoms with Gasteiger partial charge in [-0.05, 0) is 114 Å². The van der Waals surface area contributed by atoms with E-state index in [4.69, 9.17) is 17.1 Å². The Morgan fingerprint density at radius 1 is 0.538 bits per heavy atom. The third kappa shape index (κ3) is 18.3. The lowest BCUT2D eigenvalue weighted by molar-refractivity contribution is 0.386. The van der Waals surface area contributed by atoms with Gasteiger partial charge in [0.05, 0.1) is 11.5 Å². The maximum atomic E-state index is 6.86. The van der Waals surface area contributed by atoms with E-state index < -0.39 is 25.2 Å². The summed E-state index contributed by atoms with van der Waals surface area (Å²) in [7, 11) is -4.67. The first-order valence-electron chi connectivity index (χ1n) is 16.1. The summed E-state index contributed by atoms with van der Waals surface area (Å²) in [5.41, 5.74) is 0. The Labute approximate surface area is 250 Å². The molecule has 39 heavy (non-hydrogen) atoms. The molecule has 0 unspecified atom stereocenters. The highest BCUT2D eigenvalue weighted by Gasteiger charge is 2.39. The molecule has 0 fully saturated rings. The fourth-order valence-corrected chi connectivity index (χ4v) is 24.2. The molecule has 0 atom stereocenters. The highest BCUT2D eigenvalue weighted by molar-refractivity contribution is 6.88. The van der Waals surface area contributed by atoms with Crippen molar-refractivity contribution in [3.63, 3.8) is 0 Å². The van der Waals surface area contributed by atoms with E-state index in [0.29, 0.717) is 19.5 Å². The van der Waals surface area contributed by atoms with E-state index in [9.17, 15) is 0 Å². The lowest BCUT2D eigenvalue weighted by atomic mass is 10.0. The van der Waals surface area contributed by atoms with E-state index in [-0.39, 0.29) is 0 Å². The molecule has 0 amide bonds. The van der Waals surface area contributed by atoms with E-state index >= 15 is 0 Å². The first kappa shape index (κ1) is 35.3. The molecule has 0 saturated carbocycles. The van der Waals surface area contributed by atoms with E-state index in [1.54, 1.807) is 0 Å². The molecule has 0 heterocycles. The molecule has 4 nitrogen and oxygen atoms in total. The zero-order valence-electron chi connectivity index (χ0n) is 26.4. The van der Waals surface area contributed by atoms with Crippen molar-refractivity contribution in [2.75, 3.05) is 0 Å². The minimum absolute atomic E-state index is 0.555. The van der Waals surface area contributed by atoms with Crippen molar-refractivity contribution >= 4 is 44.7 Å². The molecular weight excluding hydrogens is 565 g/mol. The summed E-state index contributed by atoms with van der Waals surface area (Å²) < 4.78 is 26.3. The van der Waals surface area contributed by atoms with Crippen molar-refractivity contribution in [1.82, 2.24) is 0 Å². The largest absolute Gasteiger partial charge is 0.544 e. The number of hydrogen-bond acceptors (Lipinski definition) is 4. The third-order valence-electron chi connectivity index (χ3n) is 7.61. The SMILES string of the molecule is C[Si](C)(CC[Si]O/C1=C/CCCCCCCC1)O[Si](C)(C)O[Si](C)(C)CC[Si]O/C1=C/CCCCCCCC1. The van der Waals surface area contributed by atoms with Crippen LogP contribution in [0.15, 0.2) is 23.7 Å². The first-order valence-corrected chi connectivity index (χ1v) is 27.4. The molecule has 0 aliphatic heterocycles. The fraction of sp³-hybridized carbons (Fsp3) is 0.867. The summed E-state index contributed by atoms with van der Waals surface area (Å²) in [6, 6.07) is 4.50. The molecule has 4 radical (unpaired) electrons. The highest BCUT2D eigenvalue weighted by atomic mass is 28.5. The Kier molecular flexibility index (Phi) is 17.5. The Balaban J connectivity index is 1.69. The van der Waals surface area contributed by atoms with Gasteiger partial charge in [-0.25, -0.2) is 0 Å². The molecule has 0 aromatic carbocycles. The van der Waals surface area contributed by atoms with Crippen molar-refractivity contribution in [1.29, 1.82) is 0 Å². The summed E-state index contributed by atoms with van der Waals surface area (Å²) in [6.07, 6.45) is 25.6. The normalized spacial score (nSPS) is 22.2. The molecule has 224 valence electrons. The van der Waals surface area contributed by atoms with E-state index in [2.05, 4.69) is 51.4 Å². The van der Waals surface area contributed by atoms with Crippen molar-refractivity contribution in [2.24, 2.45) is 0 Å².